The number of hydrogen-bond donors (Lipinski definition) is 1. The van der Waals surface area contributed by atoms with E-state index in [9.17, 15) is 0 Å². The molecular formula is C9H13N5S. The second kappa shape index (κ2) is 4.99. The van der Waals surface area contributed by atoms with Gasteiger partial charge in [0.2, 0.25) is 0 Å². The molecule has 0 aliphatic carbocycles. The van der Waals surface area contributed by atoms with Crippen molar-refractivity contribution in [3.8, 4) is 10.7 Å². The van der Waals surface area contributed by atoms with Crippen molar-refractivity contribution in [1.82, 2.24) is 20.2 Å². The third-order valence-electron chi connectivity index (χ3n) is 2.10. The van der Waals surface area contributed by atoms with Gasteiger partial charge in [0.05, 0.1) is 4.88 Å². The number of nitrogens with two attached hydrogens (primary N) is 1. The molecule has 6 heteroatoms. The molecule has 2 aromatic heterocycles. The van der Waals surface area contributed by atoms with E-state index in [1.165, 1.54) is 0 Å². The third-order valence-corrected chi connectivity index (χ3v) is 2.96. The number of unbranched alkanes of at least 4 members (excludes halogenated alkanes) is 1. The molecule has 0 fully saturated rings. The minimum Gasteiger partial charge on any atom is -0.330 e. The van der Waals surface area contributed by atoms with Crippen molar-refractivity contribution in [2.24, 2.45) is 5.73 Å². The molecule has 0 bridgehead atoms. The van der Waals surface area contributed by atoms with Gasteiger partial charge in [-0.2, -0.15) is 0 Å². The van der Waals surface area contributed by atoms with Gasteiger partial charge in [-0.25, -0.2) is 4.68 Å². The van der Waals surface area contributed by atoms with Crippen molar-refractivity contribution in [3.63, 3.8) is 0 Å². The zero-order chi connectivity index (χ0) is 10.5. The number of rotatable bonds is 5. The Labute approximate surface area is 91.9 Å². The zero-order valence-electron chi connectivity index (χ0n) is 8.33. The maximum atomic E-state index is 5.44. The van der Waals surface area contributed by atoms with Crippen LogP contribution in [0.15, 0.2) is 17.5 Å². The van der Waals surface area contributed by atoms with Gasteiger partial charge in [-0.1, -0.05) is 6.07 Å². The van der Waals surface area contributed by atoms with E-state index >= 15 is 0 Å². The van der Waals surface area contributed by atoms with Crippen molar-refractivity contribution in [2.45, 2.75) is 19.4 Å². The molecule has 15 heavy (non-hydrogen) atoms. The highest BCUT2D eigenvalue weighted by atomic mass is 32.1. The summed E-state index contributed by atoms with van der Waals surface area (Å²) in [5.41, 5.74) is 5.44. The molecule has 0 unspecified atom stereocenters. The number of nitrogens with zero attached hydrogens (tertiary/aromatic N) is 4. The van der Waals surface area contributed by atoms with Crippen LogP contribution in [0, 0.1) is 0 Å². The van der Waals surface area contributed by atoms with Crippen LogP contribution in [0.3, 0.4) is 0 Å². The SMILES string of the molecule is NCCCCn1nnnc1-c1cccs1. The van der Waals surface area contributed by atoms with E-state index in [0.717, 1.165) is 36.6 Å². The van der Waals surface area contributed by atoms with E-state index in [-0.39, 0.29) is 0 Å². The summed E-state index contributed by atoms with van der Waals surface area (Å²) in [4.78, 5) is 1.10. The first-order valence-corrected chi connectivity index (χ1v) is 5.80. The number of aromatic nitrogens is 4. The fourth-order valence-electron chi connectivity index (χ4n) is 1.34. The standard InChI is InChI=1S/C9H13N5S/c10-5-1-2-6-14-9(11-12-13-14)8-4-3-7-15-8/h3-4,7H,1-2,5-6,10H2. The van der Waals surface area contributed by atoms with Gasteiger partial charge in [-0.15, -0.1) is 16.4 Å². The third kappa shape index (κ3) is 2.40. The predicted molar refractivity (Wildman–Crippen MR) is 59.4 cm³/mol. The van der Waals surface area contributed by atoms with Crippen LogP contribution >= 0.6 is 11.3 Å². The lowest BCUT2D eigenvalue weighted by Crippen LogP contribution is -2.05. The quantitative estimate of drug-likeness (QED) is 0.772. The van der Waals surface area contributed by atoms with Crippen LogP contribution in [-0.4, -0.2) is 26.8 Å². The summed E-state index contributed by atoms with van der Waals surface area (Å²) >= 11 is 1.65. The minimum atomic E-state index is 0.719. The Morgan fingerprint density at radius 2 is 2.33 bits per heavy atom. The monoisotopic (exact) mass is 223 g/mol. The first-order valence-electron chi connectivity index (χ1n) is 4.92. The lowest BCUT2D eigenvalue weighted by Gasteiger charge is -2.01. The van der Waals surface area contributed by atoms with Crippen molar-refractivity contribution in [1.29, 1.82) is 0 Å². The Morgan fingerprint density at radius 3 is 3.07 bits per heavy atom. The molecule has 0 saturated heterocycles. The van der Waals surface area contributed by atoms with Crippen LogP contribution in [0.4, 0.5) is 0 Å². The van der Waals surface area contributed by atoms with E-state index in [4.69, 9.17) is 5.73 Å². The summed E-state index contributed by atoms with van der Waals surface area (Å²) in [5, 5.41) is 13.7. The first-order chi connectivity index (χ1) is 7.42. The van der Waals surface area contributed by atoms with E-state index in [2.05, 4.69) is 15.5 Å². The maximum Gasteiger partial charge on any atom is 0.192 e. The highest BCUT2D eigenvalue weighted by Crippen LogP contribution is 2.21. The van der Waals surface area contributed by atoms with Crippen molar-refractivity contribution in [2.75, 3.05) is 6.54 Å². The number of thiophene rings is 1. The van der Waals surface area contributed by atoms with Crippen LogP contribution in [0.5, 0.6) is 0 Å². The number of hydrogen-bond acceptors (Lipinski definition) is 5. The van der Waals surface area contributed by atoms with E-state index in [1.807, 2.05) is 22.2 Å². The Hall–Kier alpha value is -1.27. The molecule has 2 heterocycles. The average Bonchev–Trinajstić information content (AvgIpc) is 2.87. The molecule has 0 aliphatic rings. The van der Waals surface area contributed by atoms with Crippen LogP contribution < -0.4 is 5.73 Å². The summed E-state index contributed by atoms with van der Waals surface area (Å²) < 4.78 is 1.83. The normalized spacial score (nSPS) is 10.7. The van der Waals surface area contributed by atoms with E-state index in [0.29, 0.717) is 0 Å². The van der Waals surface area contributed by atoms with Gasteiger partial charge in [-0.05, 0) is 41.3 Å². The summed E-state index contributed by atoms with van der Waals surface area (Å²) in [7, 11) is 0. The van der Waals surface area contributed by atoms with Crippen molar-refractivity contribution in [3.05, 3.63) is 17.5 Å². The van der Waals surface area contributed by atoms with Gasteiger partial charge in [0, 0.05) is 6.54 Å². The van der Waals surface area contributed by atoms with E-state index in [1.54, 1.807) is 11.3 Å². The fraction of sp³-hybridized carbons (Fsp3) is 0.444. The Kier molecular flexibility index (Phi) is 3.41. The molecule has 0 saturated carbocycles. The second-order valence-electron chi connectivity index (χ2n) is 3.20. The van der Waals surface area contributed by atoms with Gasteiger partial charge < -0.3 is 5.73 Å². The van der Waals surface area contributed by atoms with Gasteiger partial charge in [-0.3, -0.25) is 0 Å². The van der Waals surface area contributed by atoms with Gasteiger partial charge >= 0.3 is 0 Å². The molecule has 0 aromatic carbocycles. The molecule has 2 N–H and O–H groups in total. The second-order valence-corrected chi connectivity index (χ2v) is 4.15. The molecule has 2 aromatic rings. The lowest BCUT2D eigenvalue weighted by atomic mass is 10.3. The summed E-state index contributed by atoms with van der Waals surface area (Å²) in [6, 6.07) is 4.02. The number of tetrazole rings is 1. The van der Waals surface area contributed by atoms with Gasteiger partial charge in [0.25, 0.3) is 0 Å². The average molecular weight is 223 g/mol. The molecular weight excluding hydrogens is 210 g/mol. The van der Waals surface area contributed by atoms with Crippen LogP contribution in [0.1, 0.15) is 12.8 Å². The van der Waals surface area contributed by atoms with Crippen molar-refractivity contribution >= 4 is 11.3 Å². The topological polar surface area (TPSA) is 69.6 Å². The summed E-state index contributed by atoms with van der Waals surface area (Å²) in [5.74, 6) is 0.849. The smallest absolute Gasteiger partial charge is 0.192 e. The summed E-state index contributed by atoms with van der Waals surface area (Å²) in [6.45, 7) is 1.55. The first kappa shape index (κ1) is 10.3. The van der Waals surface area contributed by atoms with Crippen LogP contribution in [-0.2, 0) is 6.54 Å². The molecule has 0 atom stereocenters. The number of aryl methyl sites for hydroxylation is 1. The zero-order valence-corrected chi connectivity index (χ0v) is 9.15. The molecule has 0 radical (unpaired) electrons. The van der Waals surface area contributed by atoms with E-state index < -0.39 is 0 Å². The molecule has 0 spiro atoms. The molecule has 2 rings (SSSR count). The molecule has 0 amide bonds. The highest BCUT2D eigenvalue weighted by Gasteiger charge is 2.08. The van der Waals surface area contributed by atoms with Crippen LogP contribution in [0.25, 0.3) is 10.7 Å². The lowest BCUT2D eigenvalue weighted by molar-refractivity contribution is 0.549. The molecule has 5 nitrogen and oxygen atoms in total. The van der Waals surface area contributed by atoms with Gasteiger partial charge in [0.1, 0.15) is 0 Å². The molecule has 80 valence electrons. The highest BCUT2D eigenvalue weighted by molar-refractivity contribution is 7.13. The minimum absolute atomic E-state index is 0.719. The Bertz CT molecular complexity index is 394. The fourth-order valence-corrected chi connectivity index (χ4v) is 2.06. The van der Waals surface area contributed by atoms with Gasteiger partial charge in [0.15, 0.2) is 5.82 Å². The Morgan fingerprint density at radius 1 is 1.40 bits per heavy atom. The summed E-state index contributed by atoms with van der Waals surface area (Å²) in [6.07, 6.45) is 2.02. The largest absolute Gasteiger partial charge is 0.330 e. The predicted octanol–water partition coefficient (Wildman–Crippen LogP) is 1.14. The Balaban J connectivity index is 2.09. The van der Waals surface area contributed by atoms with Crippen LogP contribution in [0.2, 0.25) is 0 Å². The maximum absolute atomic E-state index is 5.44. The molecule has 0 aliphatic heterocycles. The van der Waals surface area contributed by atoms with Crippen molar-refractivity contribution < 1.29 is 0 Å².